The van der Waals surface area contributed by atoms with Gasteiger partial charge in [-0.1, -0.05) is 25.2 Å². The van der Waals surface area contributed by atoms with Crippen LogP contribution in [0.1, 0.15) is 26.7 Å². The lowest BCUT2D eigenvalue weighted by molar-refractivity contribution is -0.143. The maximum absolute atomic E-state index is 11.1. The number of ether oxygens (including phenoxy) is 2. The van der Waals surface area contributed by atoms with Gasteiger partial charge in [-0.3, -0.25) is 4.79 Å². The first-order chi connectivity index (χ1) is 8.92. The number of carbonyl (C=O) groups excluding carboxylic acids is 2. The van der Waals surface area contributed by atoms with E-state index >= 15 is 0 Å². The van der Waals surface area contributed by atoms with Gasteiger partial charge < -0.3 is 14.6 Å². The SMILES string of the molecule is COC(=O)CC(O)C(C)CC=CC=C(C)C(=O)OC. The summed E-state index contributed by atoms with van der Waals surface area (Å²) < 4.78 is 9.04. The summed E-state index contributed by atoms with van der Waals surface area (Å²) in [7, 11) is 2.62. The number of aliphatic hydroxyl groups is 1. The second-order valence-corrected chi connectivity index (χ2v) is 4.33. The molecule has 0 saturated carbocycles. The Morgan fingerprint density at radius 1 is 1.26 bits per heavy atom. The van der Waals surface area contributed by atoms with Crippen LogP contribution in [-0.4, -0.2) is 37.4 Å². The van der Waals surface area contributed by atoms with Crippen molar-refractivity contribution in [1.29, 1.82) is 0 Å². The van der Waals surface area contributed by atoms with Crippen molar-refractivity contribution in [3.05, 3.63) is 23.8 Å². The lowest BCUT2D eigenvalue weighted by Gasteiger charge is -2.15. The molecule has 0 aromatic rings. The number of methoxy groups -OCH3 is 2. The third kappa shape index (κ3) is 7.41. The number of rotatable bonds is 7. The predicted molar refractivity (Wildman–Crippen MR) is 71.3 cm³/mol. The maximum atomic E-state index is 11.1. The van der Waals surface area contributed by atoms with E-state index in [0.717, 1.165) is 0 Å². The van der Waals surface area contributed by atoms with E-state index < -0.39 is 12.1 Å². The largest absolute Gasteiger partial charge is 0.469 e. The van der Waals surface area contributed by atoms with Crippen molar-refractivity contribution in [3.63, 3.8) is 0 Å². The van der Waals surface area contributed by atoms with E-state index in [1.54, 1.807) is 19.1 Å². The first-order valence-electron chi connectivity index (χ1n) is 6.09. The van der Waals surface area contributed by atoms with Gasteiger partial charge in [0.15, 0.2) is 0 Å². The Kier molecular flexibility index (Phi) is 8.53. The molecule has 0 aromatic heterocycles. The van der Waals surface area contributed by atoms with Crippen molar-refractivity contribution in [2.45, 2.75) is 32.8 Å². The molecule has 0 aliphatic carbocycles. The average molecular weight is 270 g/mol. The fraction of sp³-hybridized carbons (Fsp3) is 0.571. The molecule has 0 radical (unpaired) electrons. The Morgan fingerprint density at radius 3 is 2.42 bits per heavy atom. The monoisotopic (exact) mass is 270 g/mol. The summed E-state index contributed by atoms with van der Waals surface area (Å²) in [5, 5.41) is 9.73. The summed E-state index contributed by atoms with van der Waals surface area (Å²) in [4.78, 5) is 22.1. The molecule has 2 atom stereocenters. The first kappa shape index (κ1) is 17.4. The van der Waals surface area contributed by atoms with Crippen LogP contribution >= 0.6 is 0 Å². The quantitative estimate of drug-likeness (QED) is 0.432. The van der Waals surface area contributed by atoms with Crippen molar-refractivity contribution >= 4 is 11.9 Å². The van der Waals surface area contributed by atoms with Gasteiger partial charge in [0.25, 0.3) is 0 Å². The third-order valence-corrected chi connectivity index (χ3v) is 2.76. The smallest absolute Gasteiger partial charge is 0.333 e. The van der Waals surface area contributed by atoms with Crippen LogP contribution in [0, 0.1) is 5.92 Å². The van der Waals surface area contributed by atoms with E-state index in [-0.39, 0.29) is 18.3 Å². The molecule has 5 nitrogen and oxygen atoms in total. The molecule has 0 rings (SSSR count). The maximum Gasteiger partial charge on any atom is 0.333 e. The fourth-order valence-corrected chi connectivity index (χ4v) is 1.35. The van der Waals surface area contributed by atoms with Crippen LogP contribution in [0.5, 0.6) is 0 Å². The Bertz CT molecular complexity index is 357. The zero-order chi connectivity index (χ0) is 14.8. The predicted octanol–water partition coefficient (Wildman–Crippen LogP) is 1.61. The highest BCUT2D eigenvalue weighted by Crippen LogP contribution is 2.13. The summed E-state index contributed by atoms with van der Waals surface area (Å²) in [6, 6.07) is 0. The molecule has 0 spiro atoms. The summed E-state index contributed by atoms with van der Waals surface area (Å²) in [5.41, 5.74) is 0.501. The molecule has 0 saturated heterocycles. The van der Waals surface area contributed by atoms with Crippen LogP contribution in [-0.2, 0) is 19.1 Å². The van der Waals surface area contributed by atoms with Gasteiger partial charge >= 0.3 is 11.9 Å². The van der Waals surface area contributed by atoms with Crippen molar-refractivity contribution < 1.29 is 24.2 Å². The highest BCUT2D eigenvalue weighted by molar-refractivity contribution is 5.87. The Hall–Kier alpha value is -1.62. The van der Waals surface area contributed by atoms with Gasteiger partial charge in [0, 0.05) is 5.57 Å². The number of allylic oxidation sites excluding steroid dienone is 3. The molecule has 19 heavy (non-hydrogen) atoms. The van der Waals surface area contributed by atoms with Crippen molar-refractivity contribution in [1.82, 2.24) is 0 Å². The van der Waals surface area contributed by atoms with Crippen LogP contribution in [0.25, 0.3) is 0 Å². The number of carbonyl (C=O) groups is 2. The molecular weight excluding hydrogens is 248 g/mol. The minimum Gasteiger partial charge on any atom is -0.469 e. The molecule has 0 bridgehead atoms. The molecule has 0 heterocycles. The topological polar surface area (TPSA) is 72.8 Å². The van der Waals surface area contributed by atoms with Crippen molar-refractivity contribution in [3.8, 4) is 0 Å². The highest BCUT2D eigenvalue weighted by atomic mass is 16.5. The number of aliphatic hydroxyl groups excluding tert-OH is 1. The fourth-order valence-electron chi connectivity index (χ4n) is 1.35. The first-order valence-corrected chi connectivity index (χ1v) is 6.09. The second-order valence-electron chi connectivity index (χ2n) is 4.33. The molecule has 0 aromatic carbocycles. The highest BCUT2D eigenvalue weighted by Gasteiger charge is 2.17. The van der Waals surface area contributed by atoms with Crippen LogP contribution < -0.4 is 0 Å². The summed E-state index contributed by atoms with van der Waals surface area (Å²) >= 11 is 0. The van der Waals surface area contributed by atoms with Crippen molar-refractivity contribution in [2.24, 2.45) is 5.92 Å². The van der Waals surface area contributed by atoms with Crippen LogP contribution in [0.3, 0.4) is 0 Å². The molecule has 0 fully saturated rings. The molecule has 108 valence electrons. The third-order valence-electron chi connectivity index (χ3n) is 2.76. The summed E-state index contributed by atoms with van der Waals surface area (Å²) in [6.07, 6.45) is 5.06. The minimum absolute atomic E-state index is 0.0114. The molecule has 5 heteroatoms. The van der Waals surface area contributed by atoms with E-state index in [0.29, 0.717) is 12.0 Å². The van der Waals surface area contributed by atoms with E-state index in [1.165, 1.54) is 14.2 Å². The lowest BCUT2D eigenvalue weighted by atomic mass is 9.98. The van der Waals surface area contributed by atoms with Crippen LogP contribution in [0.4, 0.5) is 0 Å². The zero-order valence-corrected chi connectivity index (χ0v) is 11.9. The zero-order valence-electron chi connectivity index (χ0n) is 11.9. The Balaban J connectivity index is 4.18. The van der Waals surface area contributed by atoms with Crippen LogP contribution in [0.2, 0.25) is 0 Å². The van der Waals surface area contributed by atoms with E-state index in [1.807, 2.05) is 13.0 Å². The van der Waals surface area contributed by atoms with Gasteiger partial charge in [-0.05, 0) is 19.3 Å². The van der Waals surface area contributed by atoms with Gasteiger partial charge in [0.2, 0.25) is 0 Å². The minimum atomic E-state index is -0.734. The molecular formula is C14H22O5. The molecule has 1 N–H and O–H groups in total. The van der Waals surface area contributed by atoms with Gasteiger partial charge in [0.1, 0.15) is 0 Å². The molecule has 0 aliphatic rings. The molecule has 2 unspecified atom stereocenters. The van der Waals surface area contributed by atoms with E-state index in [9.17, 15) is 14.7 Å². The van der Waals surface area contributed by atoms with Gasteiger partial charge in [0.05, 0.1) is 26.7 Å². The summed E-state index contributed by atoms with van der Waals surface area (Å²) in [5.74, 6) is -0.865. The second kappa shape index (κ2) is 9.33. The van der Waals surface area contributed by atoms with E-state index in [2.05, 4.69) is 9.47 Å². The van der Waals surface area contributed by atoms with E-state index in [4.69, 9.17) is 0 Å². The summed E-state index contributed by atoms with van der Waals surface area (Å²) in [6.45, 7) is 3.50. The Morgan fingerprint density at radius 2 is 1.89 bits per heavy atom. The van der Waals surface area contributed by atoms with Crippen LogP contribution in [0.15, 0.2) is 23.8 Å². The standard InChI is InChI=1S/C14H22O5/c1-10(12(15)9-13(16)18-3)7-5-6-8-11(2)14(17)19-4/h5-6,8,10,12,15H,7,9H2,1-4H3. The van der Waals surface area contributed by atoms with Gasteiger partial charge in [-0.15, -0.1) is 0 Å². The lowest BCUT2D eigenvalue weighted by Crippen LogP contribution is -2.21. The van der Waals surface area contributed by atoms with Crippen molar-refractivity contribution in [2.75, 3.05) is 14.2 Å². The van der Waals surface area contributed by atoms with Gasteiger partial charge in [-0.2, -0.15) is 0 Å². The average Bonchev–Trinajstić information content (AvgIpc) is 2.41. The number of esters is 2. The van der Waals surface area contributed by atoms with Gasteiger partial charge in [-0.25, -0.2) is 4.79 Å². The number of hydrogen-bond donors (Lipinski definition) is 1. The molecule has 0 amide bonds. The Labute approximate surface area is 113 Å². The number of hydrogen-bond acceptors (Lipinski definition) is 5. The molecule has 0 aliphatic heterocycles. The normalized spacial score (nSPS) is 15.1.